The summed E-state index contributed by atoms with van der Waals surface area (Å²) in [7, 11) is 1.30. The molecule has 3 unspecified atom stereocenters. The van der Waals surface area contributed by atoms with Gasteiger partial charge in [0.25, 0.3) is 5.91 Å². The first kappa shape index (κ1) is 14.2. The summed E-state index contributed by atoms with van der Waals surface area (Å²) in [6.45, 7) is 1.04. The molecule has 1 saturated carbocycles. The topological polar surface area (TPSA) is 93.5 Å². The zero-order valence-corrected chi connectivity index (χ0v) is 12.7. The minimum Gasteiger partial charge on any atom is -0.465 e. The molecular formula is C16H17N3O4. The molecule has 1 aliphatic carbocycles. The number of carbonyl (C=O) groups excluding carboxylic acids is 2. The Labute approximate surface area is 132 Å². The molecule has 7 heteroatoms. The van der Waals surface area contributed by atoms with Gasteiger partial charge >= 0.3 is 5.97 Å². The molecule has 2 aliphatic rings. The Bertz CT molecular complexity index is 785. The second-order valence-corrected chi connectivity index (χ2v) is 6.14. The van der Waals surface area contributed by atoms with Crippen LogP contribution in [-0.4, -0.2) is 42.6 Å². The van der Waals surface area contributed by atoms with Crippen LogP contribution >= 0.6 is 0 Å². The number of rotatable bonds is 3. The van der Waals surface area contributed by atoms with Gasteiger partial charge in [-0.15, -0.1) is 0 Å². The van der Waals surface area contributed by atoms with Crippen LogP contribution in [0.4, 0.5) is 0 Å². The number of hydrogen-bond donors (Lipinski definition) is 2. The Morgan fingerprint density at radius 3 is 3.00 bits per heavy atom. The van der Waals surface area contributed by atoms with Gasteiger partial charge in [0, 0.05) is 17.5 Å². The summed E-state index contributed by atoms with van der Waals surface area (Å²) < 4.78 is 9.99. The molecule has 0 radical (unpaired) electrons. The first-order valence-corrected chi connectivity index (χ1v) is 7.65. The standard InChI is InChI=1S/C16H17N3O4/c1-22-16(21)10-7-23-14-6-18-13(4-9(10)14)15(20)19-12-3-8-2-11(12)17-5-8/h4,6-8,11-12,17H,2-3,5H2,1H3,(H,19,20). The van der Waals surface area contributed by atoms with Crippen molar-refractivity contribution < 1.29 is 18.7 Å². The monoisotopic (exact) mass is 315 g/mol. The van der Waals surface area contributed by atoms with Crippen molar-refractivity contribution in [3.63, 3.8) is 0 Å². The van der Waals surface area contributed by atoms with Gasteiger partial charge in [-0.05, 0) is 31.4 Å². The van der Waals surface area contributed by atoms with Gasteiger partial charge in [-0.1, -0.05) is 0 Å². The number of methoxy groups -OCH3 is 1. The van der Waals surface area contributed by atoms with Gasteiger partial charge in [0.05, 0.1) is 13.3 Å². The molecular weight excluding hydrogens is 298 g/mol. The van der Waals surface area contributed by atoms with Crippen molar-refractivity contribution in [3.05, 3.63) is 29.8 Å². The lowest BCUT2D eigenvalue weighted by molar-refractivity contribution is 0.0601. The highest BCUT2D eigenvalue weighted by Gasteiger charge is 2.40. The van der Waals surface area contributed by atoms with Crippen molar-refractivity contribution in [1.82, 2.24) is 15.6 Å². The van der Waals surface area contributed by atoms with Crippen molar-refractivity contribution in [3.8, 4) is 0 Å². The van der Waals surface area contributed by atoms with E-state index in [9.17, 15) is 9.59 Å². The van der Waals surface area contributed by atoms with E-state index in [-0.39, 0.29) is 17.6 Å². The molecule has 23 heavy (non-hydrogen) atoms. The fraction of sp³-hybridized carbons (Fsp3) is 0.438. The van der Waals surface area contributed by atoms with Gasteiger partial charge in [-0.2, -0.15) is 0 Å². The largest absolute Gasteiger partial charge is 0.465 e. The van der Waals surface area contributed by atoms with Crippen LogP contribution in [0.1, 0.15) is 33.7 Å². The molecule has 1 aliphatic heterocycles. The molecule has 2 N–H and O–H groups in total. The van der Waals surface area contributed by atoms with Crippen molar-refractivity contribution in [2.24, 2.45) is 5.92 Å². The summed E-state index contributed by atoms with van der Waals surface area (Å²) in [5.74, 6) is -0.0811. The number of aromatic nitrogens is 1. The molecule has 2 aromatic rings. The summed E-state index contributed by atoms with van der Waals surface area (Å²) in [5.41, 5.74) is 1.01. The number of pyridine rings is 1. The lowest BCUT2D eigenvalue weighted by Gasteiger charge is -2.23. The summed E-state index contributed by atoms with van der Waals surface area (Å²) in [4.78, 5) is 28.3. The normalized spacial score (nSPS) is 25.7. The first-order chi connectivity index (χ1) is 11.2. The van der Waals surface area contributed by atoms with Gasteiger partial charge < -0.3 is 19.8 Å². The van der Waals surface area contributed by atoms with Crippen LogP contribution in [0, 0.1) is 5.92 Å². The number of fused-ring (bicyclic) bond motifs is 3. The van der Waals surface area contributed by atoms with Crippen LogP contribution in [0.25, 0.3) is 11.0 Å². The number of esters is 1. The lowest BCUT2D eigenvalue weighted by Crippen LogP contribution is -2.48. The summed E-state index contributed by atoms with van der Waals surface area (Å²) in [5, 5.41) is 6.97. The van der Waals surface area contributed by atoms with Crippen LogP contribution in [0.2, 0.25) is 0 Å². The summed E-state index contributed by atoms with van der Waals surface area (Å²) >= 11 is 0. The van der Waals surface area contributed by atoms with Crippen LogP contribution in [0.15, 0.2) is 22.9 Å². The van der Waals surface area contributed by atoms with Crippen molar-refractivity contribution >= 4 is 22.8 Å². The highest BCUT2D eigenvalue weighted by Crippen LogP contribution is 2.31. The van der Waals surface area contributed by atoms with E-state index in [1.807, 2.05) is 0 Å². The molecule has 7 nitrogen and oxygen atoms in total. The molecule has 3 atom stereocenters. The molecule has 1 saturated heterocycles. The second kappa shape index (κ2) is 5.34. The zero-order chi connectivity index (χ0) is 16.0. The van der Waals surface area contributed by atoms with Crippen LogP contribution < -0.4 is 10.6 Å². The van der Waals surface area contributed by atoms with Crippen molar-refractivity contribution in [2.45, 2.75) is 24.9 Å². The van der Waals surface area contributed by atoms with Gasteiger partial charge in [-0.3, -0.25) is 4.79 Å². The first-order valence-electron chi connectivity index (χ1n) is 7.65. The number of piperidine rings is 1. The molecule has 2 fully saturated rings. The Balaban J connectivity index is 1.58. The molecule has 0 aromatic carbocycles. The van der Waals surface area contributed by atoms with E-state index in [0.29, 0.717) is 28.5 Å². The van der Waals surface area contributed by atoms with E-state index in [0.717, 1.165) is 19.4 Å². The fourth-order valence-electron chi connectivity index (χ4n) is 3.58. The van der Waals surface area contributed by atoms with Gasteiger partial charge in [0.1, 0.15) is 17.5 Å². The van der Waals surface area contributed by atoms with Crippen molar-refractivity contribution in [2.75, 3.05) is 13.7 Å². The van der Waals surface area contributed by atoms with E-state index in [4.69, 9.17) is 9.15 Å². The molecule has 2 aromatic heterocycles. The van der Waals surface area contributed by atoms with Crippen LogP contribution in [0.3, 0.4) is 0 Å². The smallest absolute Gasteiger partial charge is 0.341 e. The number of hydrogen-bond acceptors (Lipinski definition) is 6. The Morgan fingerprint density at radius 1 is 1.43 bits per heavy atom. The third-order valence-corrected chi connectivity index (χ3v) is 4.74. The summed E-state index contributed by atoms with van der Waals surface area (Å²) in [6.07, 6.45) is 4.89. The SMILES string of the molecule is COC(=O)c1coc2cnc(C(=O)NC3CC4CNC3C4)cc12. The average Bonchev–Trinajstić information content (AvgIpc) is 3.28. The summed E-state index contributed by atoms with van der Waals surface area (Å²) in [6, 6.07) is 2.07. The Kier molecular flexibility index (Phi) is 3.30. The number of furan rings is 1. The number of ether oxygens (including phenoxy) is 1. The zero-order valence-electron chi connectivity index (χ0n) is 12.7. The maximum Gasteiger partial charge on any atom is 0.341 e. The number of nitrogens with one attached hydrogen (secondary N) is 2. The number of nitrogens with zero attached hydrogens (tertiary/aromatic N) is 1. The maximum absolute atomic E-state index is 12.4. The maximum atomic E-state index is 12.4. The molecule has 4 rings (SSSR count). The molecule has 120 valence electrons. The third kappa shape index (κ3) is 2.37. The predicted molar refractivity (Wildman–Crippen MR) is 81.1 cm³/mol. The quantitative estimate of drug-likeness (QED) is 0.824. The molecule has 3 heterocycles. The highest BCUT2D eigenvalue weighted by molar-refractivity contribution is 6.05. The highest BCUT2D eigenvalue weighted by atomic mass is 16.5. The average molecular weight is 315 g/mol. The van der Waals surface area contributed by atoms with Crippen molar-refractivity contribution in [1.29, 1.82) is 0 Å². The minimum atomic E-state index is -0.501. The number of amides is 1. The molecule has 2 bridgehead atoms. The predicted octanol–water partition coefficient (Wildman–Crippen LogP) is 1.09. The van der Waals surface area contributed by atoms with E-state index in [1.54, 1.807) is 6.07 Å². The van der Waals surface area contributed by atoms with Crippen LogP contribution in [0.5, 0.6) is 0 Å². The number of carbonyl (C=O) groups is 2. The molecule has 1 amide bonds. The van der Waals surface area contributed by atoms with E-state index >= 15 is 0 Å². The van der Waals surface area contributed by atoms with Gasteiger partial charge in [0.2, 0.25) is 0 Å². The Morgan fingerprint density at radius 2 is 2.30 bits per heavy atom. The van der Waals surface area contributed by atoms with E-state index in [2.05, 4.69) is 15.6 Å². The Hall–Kier alpha value is -2.41. The lowest BCUT2D eigenvalue weighted by atomic mass is 10.1. The van der Waals surface area contributed by atoms with Crippen LogP contribution in [-0.2, 0) is 4.74 Å². The third-order valence-electron chi connectivity index (χ3n) is 4.74. The minimum absolute atomic E-state index is 0.142. The second-order valence-electron chi connectivity index (χ2n) is 6.14. The van der Waals surface area contributed by atoms with Gasteiger partial charge in [0.15, 0.2) is 5.58 Å². The fourth-order valence-corrected chi connectivity index (χ4v) is 3.58. The van der Waals surface area contributed by atoms with E-state index < -0.39 is 5.97 Å². The van der Waals surface area contributed by atoms with E-state index in [1.165, 1.54) is 19.6 Å². The molecule has 0 spiro atoms. The van der Waals surface area contributed by atoms with Gasteiger partial charge in [-0.25, -0.2) is 9.78 Å².